The lowest BCUT2D eigenvalue weighted by Gasteiger charge is -2.44. The van der Waals surface area contributed by atoms with Crippen LogP contribution in [0.5, 0.6) is 11.5 Å². The summed E-state index contributed by atoms with van der Waals surface area (Å²) in [6.45, 7) is 7.04. The van der Waals surface area contributed by atoms with E-state index in [2.05, 4.69) is 18.3 Å². The number of hydrogen-bond donors (Lipinski definition) is 1. The lowest BCUT2D eigenvalue weighted by Crippen LogP contribution is -3.00. The number of halogens is 1. The second-order valence-corrected chi connectivity index (χ2v) is 10.8. The molecule has 1 N–H and O–H groups in total. The summed E-state index contributed by atoms with van der Waals surface area (Å²) in [6, 6.07) is 16.2. The molecule has 2 aromatic rings. The van der Waals surface area contributed by atoms with Crippen molar-refractivity contribution in [2.45, 2.75) is 76.7 Å². The van der Waals surface area contributed by atoms with Crippen molar-refractivity contribution in [3.63, 3.8) is 0 Å². The van der Waals surface area contributed by atoms with Crippen molar-refractivity contribution in [3.8, 4) is 11.5 Å². The standard InChI is InChI=1S/C31H40N2O2.HI/c1-2-33(23-24-13-7-5-3-4-6-8-14-24)21-19-25(20-22-33)32-31(34)30-26-15-9-11-17-28(26)35-29-18-12-10-16-27(29)30;/h9-13,15-18,25,30H,2-8,14,19-23H2,1H3;1H. The monoisotopic (exact) mass is 600 g/mol. The lowest BCUT2D eigenvalue weighted by atomic mass is 9.86. The second-order valence-electron chi connectivity index (χ2n) is 10.8. The first kappa shape index (κ1) is 27.2. The first-order valence-electron chi connectivity index (χ1n) is 13.9. The molecule has 1 amide bonds. The van der Waals surface area contributed by atoms with Gasteiger partial charge in [0.1, 0.15) is 18.0 Å². The summed E-state index contributed by atoms with van der Waals surface area (Å²) in [5.74, 6) is 1.38. The van der Waals surface area contributed by atoms with Crippen LogP contribution in [0, 0.1) is 0 Å². The highest BCUT2D eigenvalue weighted by molar-refractivity contribution is 5.89. The van der Waals surface area contributed by atoms with Gasteiger partial charge < -0.3 is 38.5 Å². The molecule has 1 aliphatic carbocycles. The van der Waals surface area contributed by atoms with Crippen molar-refractivity contribution in [2.24, 2.45) is 0 Å². The van der Waals surface area contributed by atoms with Gasteiger partial charge in [-0.3, -0.25) is 4.79 Å². The van der Waals surface area contributed by atoms with Gasteiger partial charge in [-0.15, -0.1) is 0 Å². The fourth-order valence-corrected chi connectivity index (χ4v) is 6.33. The number of amides is 1. The number of rotatable bonds is 5. The Morgan fingerprint density at radius 2 is 1.53 bits per heavy atom. The molecule has 0 saturated carbocycles. The van der Waals surface area contributed by atoms with E-state index in [1.807, 2.05) is 48.5 Å². The molecule has 2 aliphatic heterocycles. The number of carbonyl (C=O) groups excluding carboxylic acids is 1. The van der Waals surface area contributed by atoms with Crippen molar-refractivity contribution in [1.29, 1.82) is 0 Å². The second kappa shape index (κ2) is 12.6. The van der Waals surface area contributed by atoms with Gasteiger partial charge in [0.05, 0.1) is 25.6 Å². The summed E-state index contributed by atoms with van der Waals surface area (Å²) < 4.78 is 7.28. The summed E-state index contributed by atoms with van der Waals surface area (Å²) in [5, 5.41) is 3.44. The van der Waals surface area contributed by atoms with Crippen molar-refractivity contribution in [2.75, 3.05) is 26.2 Å². The van der Waals surface area contributed by atoms with Crippen LogP contribution in [0.25, 0.3) is 0 Å². The third kappa shape index (κ3) is 6.16. The Bertz CT molecular complexity index is 1010. The van der Waals surface area contributed by atoms with Crippen LogP contribution < -0.4 is 34.0 Å². The van der Waals surface area contributed by atoms with E-state index in [0.29, 0.717) is 0 Å². The maximum atomic E-state index is 13.7. The van der Waals surface area contributed by atoms with Crippen LogP contribution in [0.2, 0.25) is 0 Å². The molecule has 194 valence electrons. The van der Waals surface area contributed by atoms with Gasteiger partial charge >= 0.3 is 0 Å². The zero-order valence-corrected chi connectivity index (χ0v) is 23.8. The average Bonchev–Trinajstić information content (AvgIpc) is 3.02. The minimum absolute atomic E-state index is 0. The first-order chi connectivity index (χ1) is 17.2. The van der Waals surface area contributed by atoms with Crippen molar-refractivity contribution < 1.29 is 38.0 Å². The highest BCUT2D eigenvalue weighted by atomic mass is 127. The van der Waals surface area contributed by atoms with Crippen LogP contribution in [0.1, 0.15) is 81.8 Å². The van der Waals surface area contributed by atoms with E-state index < -0.39 is 0 Å². The highest BCUT2D eigenvalue weighted by Crippen LogP contribution is 2.44. The van der Waals surface area contributed by atoms with Crippen LogP contribution in [-0.4, -0.2) is 42.6 Å². The van der Waals surface area contributed by atoms with Gasteiger partial charge in [-0.2, -0.15) is 0 Å². The predicted octanol–water partition coefficient (Wildman–Crippen LogP) is 3.71. The molecule has 5 rings (SSSR count). The molecule has 4 nitrogen and oxygen atoms in total. The van der Waals surface area contributed by atoms with Crippen LogP contribution >= 0.6 is 0 Å². The average molecular weight is 601 g/mol. The van der Waals surface area contributed by atoms with Crippen molar-refractivity contribution in [1.82, 2.24) is 5.32 Å². The molecule has 0 atom stereocenters. The molecule has 0 radical (unpaired) electrons. The van der Waals surface area contributed by atoms with Gasteiger partial charge in [0.15, 0.2) is 0 Å². The Balaban J connectivity index is 0.00000304. The molecular weight excluding hydrogens is 559 g/mol. The molecule has 2 aromatic carbocycles. The number of ether oxygens (including phenoxy) is 1. The van der Waals surface area contributed by atoms with E-state index in [-0.39, 0.29) is 41.8 Å². The van der Waals surface area contributed by atoms with Crippen molar-refractivity contribution >= 4 is 5.91 Å². The number of likely N-dealkylation sites (N-methyl/N-ethyl adjacent to an activating group) is 1. The number of para-hydroxylation sites is 2. The minimum atomic E-state index is -0.312. The SMILES string of the molecule is CC[N+]1(CC2=CCCCCCCC2)CCC(NC(=O)C2c3ccccc3Oc3ccccc32)CC1.[I-]. The van der Waals surface area contributed by atoms with Gasteiger partial charge in [0.2, 0.25) is 5.91 Å². The fraction of sp³-hybridized carbons (Fsp3) is 0.516. The van der Waals surface area contributed by atoms with Crippen LogP contribution in [0.4, 0.5) is 0 Å². The molecule has 1 fully saturated rings. The number of nitrogens with zero attached hydrogens (tertiary/aromatic N) is 1. The van der Waals surface area contributed by atoms with Crippen LogP contribution in [0.15, 0.2) is 60.2 Å². The molecule has 0 unspecified atom stereocenters. The number of quaternary nitrogens is 1. The topological polar surface area (TPSA) is 38.3 Å². The number of allylic oxidation sites excluding steroid dienone is 1. The Hall–Kier alpha value is -1.86. The molecule has 0 bridgehead atoms. The van der Waals surface area contributed by atoms with Gasteiger partial charge in [-0.05, 0) is 50.3 Å². The van der Waals surface area contributed by atoms with Gasteiger partial charge in [0, 0.05) is 30.0 Å². The van der Waals surface area contributed by atoms with E-state index in [0.717, 1.165) is 48.6 Å². The van der Waals surface area contributed by atoms with E-state index in [1.165, 1.54) is 62.5 Å². The molecular formula is C31H41IN2O2. The Kier molecular flexibility index (Phi) is 9.51. The van der Waals surface area contributed by atoms with E-state index >= 15 is 0 Å². The Labute approximate surface area is 234 Å². The largest absolute Gasteiger partial charge is 1.00 e. The number of carbonyl (C=O) groups is 1. The predicted molar refractivity (Wildman–Crippen MR) is 142 cm³/mol. The molecule has 0 spiro atoms. The molecule has 1 saturated heterocycles. The summed E-state index contributed by atoms with van der Waals surface area (Å²) in [5.41, 5.74) is 3.61. The van der Waals surface area contributed by atoms with E-state index in [1.54, 1.807) is 5.57 Å². The number of likely N-dealkylation sites (tertiary alicyclic amines) is 1. The maximum absolute atomic E-state index is 13.7. The number of benzene rings is 2. The van der Waals surface area contributed by atoms with Gasteiger partial charge in [-0.1, -0.05) is 61.7 Å². The fourth-order valence-electron chi connectivity index (χ4n) is 6.33. The lowest BCUT2D eigenvalue weighted by molar-refractivity contribution is -0.927. The minimum Gasteiger partial charge on any atom is -1.00 e. The zero-order chi connectivity index (χ0) is 24.1. The van der Waals surface area contributed by atoms with Crippen molar-refractivity contribution in [3.05, 3.63) is 71.3 Å². The van der Waals surface area contributed by atoms with Gasteiger partial charge in [0.25, 0.3) is 0 Å². The normalized spacial score (nSPS) is 24.4. The molecule has 36 heavy (non-hydrogen) atoms. The smallest absolute Gasteiger partial charge is 0.232 e. The number of piperidine rings is 1. The quantitative estimate of drug-likeness (QED) is 0.323. The third-order valence-corrected chi connectivity index (χ3v) is 8.54. The number of hydrogen-bond acceptors (Lipinski definition) is 2. The summed E-state index contributed by atoms with van der Waals surface area (Å²) in [6.07, 6.45) is 14.1. The Morgan fingerprint density at radius 3 is 2.19 bits per heavy atom. The first-order valence-corrected chi connectivity index (χ1v) is 13.9. The molecule has 3 aliphatic rings. The van der Waals surface area contributed by atoms with Crippen LogP contribution in [0.3, 0.4) is 0 Å². The third-order valence-electron chi connectivity index (χ3n) is 8.54. The zero-order valence-electron chi connectivity index (χ0n) is 21.7. The summed E-state index contributed by atoms with van der Waals surface area (Å²) >= 11 is 0. The maximum Gasteiger partial charge on any atom is 0.232 e. The molecule has 5 heteroatoms. The number of nitrogens with one attached hydrogen (secondary N) is 1. The van der Waals surface area contributed by atoms with Gasteiger partial charge in [-0.25, -0.2) is 0 Å². The van der Waals surface area contributed by atoms with E-state index in [9.17, 15) is 4.79 Å². The Morgan fingerprint density at radius 1 is 0.917 bits per heavy atom. The summed E-state index contributed by atoms with van der Waals surface area (Å²) in [7, 11) is 0. The molecule has 2 heterocycles. The summed E-state index contributed by atoms with van der Waals surface area (Å²) in [4.78, 5) is 13.7. The molecule has 0 aromatic heterocycles. The highest BCUT2D eigenvalue weighted by Gasteiger charge is 2.37. The van der Waals surface area contributed by atoms with Crippen LogP contribution in [-0.2, 0) is 4.79 Å². The van der Waals surface area contributed by atoms with E-state index in [4.69, 9.17) is 4.74 Å². The number of fused-ring (bicyclic) bond motifs is 2.